The van der Waals surface area contributed by atoms with Gasteiger partial charge in [-0.1, -0.05) is 42.5 Å². The number of nitrogens with zero attached hydrogens (tertiary/aromatic N) is 1. The van der Waals surface area contributed by atoms with Crippen molar-refractivity contribution >= 4 is 27.5 Å². The van der Waals surface area contributed by atoms with Gasteiger partial charge in [0.2, 0.25) is 6.10 Å². The van der Waals surface area contributed by atoms with Crippen molar-refractivity contribution in [2.24, 2.45) is 0 Å². The van der Waals surface area contributed by atoms with Gasteiger partial charge in [0.15, 0.2) is 11.5 Å². The molecule has 0 radical (unpaired) electrons. The molecule has 5 rings (SSSR count). The lowest BCUT2D eigenvalue weighted by Gasteiger charge is -2.24. The van der Waals surface area contributed by atoms with E-state index in [0.717, 1.165) is 11.1 Å². The predicted molar refractivity (Wildman–Crippen MR) is 112 cm³/mol. The fraction of sp³-hybridized carbons (Fsp3) is 0.136. The molecule has 1 aliphatic heterocycles. The number of para-hydroxylation sites is 2. The van der Waals surface area contributed by atoms with Gasteiger partial charge in [-0.25, -0.2) is 9.78 Å². The molecule has 4 aromatic rings. The first-order valence-corrected chi connectivity index (χ1v) is 10.2. The van der Waals surface area contributed by atoms with E-state index in [9.17, 15) is 9.59 Å². The molecule has 3 heterocycles. The topological polar surface area (TPSA) is 90.5 Å². The minimum atomic E-state index is -0.873. The highest BCUT2D eigenvalue weighted by molar-refractivity contribution is 7.17. The SMILES string of the molecule is O=C(OCc1nc2scc(-c3ccccc3)c2c(=O)[nH]1)C1COc2ccccc2O1. The average Bonchev–Trinajstić information content (AvgIpc) is 3.22. The molecule has 150 valence electrons. The van der Waals surface area contributed by atoms with Gasteiger partial charge in [-0.15, -0.1) is 11.3 Å². The highest BCUT2D eigenvalue weighted by Crippen LogP contribution is 2.32. The Morgan fingerprint density at radius 3 is 2.73 bits per heavy atom. The van der Waals surface area contributed by atoms with Crippen LogP contribution >= 0.6 is 11.3 Å². The number of carbonyl (C=O) groups is 1. The van der Waals surface area contributed by atoms with Gasteiger partial charge in [0.25, 0.3) is 5.56 Å². The first kappa shape index (κ1) is 18.4. The average molecular weight is 420 g/mol. The summed E-state index contributed by atoms with van der Waals surface area (Å²) in [7, 11) is 0. The number of aromatic nitrogens is 2. The summed E-state index contributed by atoms with van der Waals surface area (Å²) in [6.45, 7) is -0.103. The van der Waals surface area contributed by atoms with Crippen molar-refractivity contribution in [1.29, 1.82) is 0 Å². The largest absolute Gasteiger partial charge is 0.485 e. The van der Waals surface area contributed by atoms with Crippen molar-refractivity contribution < 1.29 is 19.0 Å². The first-order valence-electron chi connectivity index (χ1n) is 9.30. The molecule has 1 N–H and O–H groups in total. The molecule has 1 atom stereocenters. The molecule has 1 unspecified atom stereocenters. The van der Waals surface area contributed by atoms with Gasteiger partial charge in [0.05, 0.1) is 5.39 Å². The van der Waals surface area contributed by atoms with Crippen LogP contribution < -0.4 is 15.0 Å². The van der Waals surface area contributed by atoms with Crippen molar-refractivity contribution in [3.63, 3.8) is 0 Å². The zero-order chi connectivity index (χ0) is 20.5. The summed E-state index contributed by atoms with van der Waals surface area (Å²) in [5.74, 6) is 0.776. The third-order valence-corrected chi connectivity index (χ3v) is 5.57. The van der Waals surface area contributed by atoms with E-state index in [1.165, 1.54) is 11.3 Å². The van der Waals surface area contributed by atoms with Crippen molar-refractivity contribution in [2.75, 3.05) is 6.61 Å². The van der Waals surface area contributed by atoms with Gasteiger partial charge in [0, 0.05) is 10.9 Å². The second-order valence-corrected chi connectivity index (χ2v) is 7.54. The summed E-state index contributed by atoms with van der Waals surface area (Å²) >= 11 is 1.38. The molecule has 0 amide bonds. The first-order chi connectivity index (χ1) is 14.7. The van der Waals surface area contributed by atoms with Crippen LogP contribution in [-0.2, 0) is 16.1 Å². The molecular weight excluding hydrogens is 404 g/mol. The number of ether oxygens (including phenoxy) is 3. The van der Waals surface area contributed by atoms with Crippen LogP contribution in [0, 0.1) is 0 Å². The molecule has 0 aliphatic carbocycles. The summed E-state index contributed by atoms with van der Waals surface area (Å²) in [6.07, 6.45) is -0.873. The number of aromatic amines is 1. The smallest absolute Gasteiger partial charge is 0.351 e. The third-order valence-electron chi connectivity index (χ3n) is 4.70. The standard InChI is InChI=1S/C22H16N2O5S/c25-20-19-14(13-6-2-1-3-7-13)12-30-21(19)24-18(23-20)11-28-22(26)17-10-27-15-8-4-5-9-16(15)29-17/h1-9,12,17H,10-11H2,(H,23,24,25). The second kappa shape index (κ2) is 7.64. The molecule has 30 heavy (non-hydrogen) atoms. The Bertz CT molecular complexity index is 1280. The van der Waals surface area contributed by atoms with Crippen molar-refractivity contribution in [1.82, 2.24) is 9.97 Å². The van der Waals surface area contributed by atoms with Crippen molar-refractivity contribution in [2.45, 2.75) is 12.7 Å². The lowest BCUT2D eigenvalue weighted by atomic mass is 10.1. The van der Waals surface area contributed by atoms with E-state index in [-0.39, 0.29) is 24.6 Å². The normalized spacial score (nSPS) is 15.1. The molecule has 1 aliphatic rings. The fourth-order valence-electron chi connectivity index (χ4n) is 3.26. The van der Waals surface area contributed by atoms with Crippen LogP contribution in [0.3, 0.4) is 0 Å². The molecular formula is C22H16N2O5S. The van der Waals surface area contributed by atoms with Gasteiger partial charge in [-0.05, 0) is 17.7 Å². The Morgan fingerprint density at radius 1 is 1.13 bits per heavy atom. The highest BCUT2D eigenvalue weighted by Gasteiger charge is 2.29. The number of hydrogen-bond donors (Lipinski definition) is 1. The fourth-order valence-corrected chi connectivity index (χ4v) is 4.23. The highest BCUT2D eigenvalue weighted by atomic mass is 32.1. The monoisotopic (exact) mass is 420 g/mol. The molecule has 0 fully saturated rings. The Hall–Kier alpha value is -3.65. The zero-order valence-electron chi connectivity index (χ0n) is 15.7. The summed E-state index contributed by atoms with van der Waals surface area (Å²) in [5.41, 5.74) is 1.52. The van der Waals surface area contributed by atoms with Crippen LogP contribution in [0.25, 0.3) is 21.3 Å². The number of thiophene rings is 1. The minimum absolute atomic E-state index is 0.0597. The maximum absolute atomic E-state index is 12.7. The lowest BCUT2D eigenvalue weighted by Crippen LogP contribution is -2.37. The Balaban J connectivity index is 1.32. The molecule has 0 saturated heterocycles. The zero-order valence-corrected chi connectivity index (χ0v) is 16.5. The molecule has 2 aromatic heterocycles. The lowest BCUT2D eigenvalue weighted by molar-refractivity contribution is -0.156. The van der Waals surface area contributed by atoms with E-state index in [0.29, 0.717) is 21.7 Å². The van der Waals surface area contributed by atoms with E-state index in [4.69, 9.17) is 14.2 Å². The molecule has 0 spiro atoms. The van der Waals surface area contributed by atoms with Crippen molar-refractivity contribution in [3.8, 4) is 22.6 Å². The number of esters is 1. The predicted octanol–water partition coefficient (Wildman–Crippen LogP) is 3.53. The maximum Gasteiger partial charge on any atom is 0.351 e. The van der Waals surface area contributed by atoms with E-state index >= 15 is 0 Å². The number of benzene rings is 2. The van der Waals surface area contributed by atoms with Crippen LogP contribution in [-0.4, -0.2) is 28.6 Å². The van der Waals surface area contributed by atoms with Crippen LogP contribution in [0.5, 0.6) is 11.5 Å². The van der Waals surface area contributed by atoms with Gasteiger partial charge >= 0.3 is 5.97 Å². The maximum atomic E-state index is 12.7. The minimum Gasteiger partial charge on any atom is -0.485 e. The Kier molecular flexibility index (Phi) is 4.68. The number of rotatable bonds is 4. The number of carbonyl (C=O) groups excluding carboxylic acids is 1. The molecule has 2 aromatic carbocycles. The molecule has 8 heteroatoms. The van der Waals surface area contributed by atoms with E-state index in [2.05, 4.69) is 9.97 Å². The summed E-state index contributed by atoms with van der Waals surface area (Å²) < 4.78 is 16.5. The Labute approximate surface area is 174 Å². The number of hydrogen-bond acceptors (Lipinski definition) is 7. The van der Waals surface area contributed by atoms with Gasteiger partial charge in [0.1, 0.15) is 23.9 Å². The van der Waals surface area contributed by atoms with Gasteiger partial charge in [-0.2, -0.15) is 0 Å². The quantitative estimate of drug-likeness (QED) is 0.508. The van der Waals surface area contributed by atoms with Gasteiger partial charge in [-0.3, -0.25) is 4.79 Å². The van der Waals surface area contributed by atoms with Crippen LogP contribution in [0.15, 0.2) is 64.8 Å². The van der Waals surface area contributed by atoms with Crippen molar-refractivity contribution in [3.05, 3.63) is 76.2 Å². The molecule has 0 saturated carbocycles. The number of fused-ring (bicyclic) bond motifs is 2. The molecule has 0 bridgehead atoms. The van der Waals surface area contributed by atoms with Gasteiger partial charge < -0.3 is 19.2 Å². The van der Waals surface area contributed by atoms with E-state index < -0.39 is 12.1 Å². The number of H-pyrrole nitrogens is 1. The van der Waals surface area contributed by atoms with Crippen LogP contribution in [0.2, 0.25) is 0 Å². The summed E-state index contributed by atoms with van der Waals surface area (Å²) in [4.78, 5) is 32.8. The summed E-state index contributed by atoms with van der Waals surface area (Å²) in [5, 5.41) is 2.43. The number of nitrogens with one attached hydrogen (secondary N) is 1. The molecule has 7 nitrogen and oxygen atoms in total. The van der Waals surface area contributed by atoms with Crippen LogP contribution in [0.4, 0.5) is 0 Å². The van der Waals surface area contributed by atoms with E-state index in [1.54, 1.807) is 18.2 Å². The Morgan fingerprint density at radius 2 is 1.90 bits per heavy atom. The summed E-state index contributed by atoms with van der Waals surface area (Å²) in [6, 6.07) is 16.8. The second-order valence-electron chi connectivity index (χ2n) is 6.68. The van der Waals surface area contributed by atoms with E-state index in [1.807, 2.05) is 41.8 Å². The van der Waals surface area contributed by atoms with Crippen LogP contribution in [0.1, 0.15) is 5.82 Å². The third kappa shape index (κ3) is 3.42.